The zero-order valence-corrected chi connectivity index (χ0v) is 11.2. The molecule has 0 saturated carbocycles. The van der Waals surface area contributed by atoms with Crippen LogP contribution in [0.3, 0.4) is 0 Å². The van der Waals surface area contributed by atoms with E-state index in [2.05, 4.69) is 0 Å². The standard InChI is InChI=1S/C14H17NO5/c1-14(13(18)19)7-20-6-10(14)15-11(16)8-4-2-3-5-9(8)12(15)17/h2-3,8-10H,4-7H2,1H3,(H,18,19)/t8-,9+,10?,14?. The Morgan fingerprint density at radius 1 is 1.30 bits per heavy atom. The summed E-state index contributed by atoms with van der Waals surface area (Å²) in [6.45, 7) is 1.67. The number of carbonyl (C=O) groups excluding carboxylic acids is 2. The smallest absolute Gasteiger partial charge is 0.313 e. The number of carboxylic acids is 1. The Bertz CT molecular complexity index is 488. The molecule has 3 aliphatic rings. The molecule has 0 bridgehead atoms. The molecule has 3 rings (SSSR count). The Kier molecular flexibility index (Phi) is 2.93. The second-order valence-corrected chi connectivity index (χ2v) is 5.96. The van der Waals surface area contributed by atoms with Crippen LogP contribution in [0.1, 0.15) is 19.8 Å². The fourth-order valence-electron chi connectivity index (χ4n) is 3.36. The Morgan fingerprint density at radius 2 is 1.85 bits per heavy atom. The number of nitrogens with zero attached hydrogens (tertiary/aromatic N) is 1. The normalized spacial score (nSPS) is 40.2. The van der Waals surface area contributed by atoms with Crippen molar-refractivity contribution in [2.24, 2.45) is 17.3 Å². The summed E-state index contributed by atoms with van der Waals surface area (Å²) in [5, 5.41) is 9.39. The minimum atomic E-state index is -1.22. The summed E-state index contributed by atoms with van der Waals surface area (Å²) >= 11 is 0. The molecule has 4 atom stereocenters. The number of allylic oxidation sites excluding steroid dienone is 2. The molecule has 20 heavy (non-hydrogen) atoms. The van der Waals surface area contributed by atoms with Gasteiger partial charge in [0.25, 0.3) is 0 Å². The van der Waals surface area contributed by atoms with Crippen LogP contribution in [0.25, 0.3) is 0 Å². The number of carbonyl (C=O) groups is 3. The first-order valence-corrected chi connectivity index (χ1v) is 6.80. The van der Waals surface area contributed by atoms with Crippen LogP contribution >= 0.6 is 0 Å². The number of fused-ring (bicyclic) bond motifs is 1. The fraction of sp³-hybridized carbons (Fsp3) is 0.643. The van der Waals surface area contributed by atoms with Crippen LogP contribution < -0.4 is 0 Å². The van der Waals surface area contributed by atoms with Crippen molar-refractivity contribution in [3.05, 3.63) is 12.2 Å². The van der Waals surface area contributed by atoms with E-state index in [1.165, 1.54) is 11.8 Å². The maximum absolute atomic E-state index is 12.5. The van der Waals surface area contributed by atoms with Gasteiger partial charge in [-0.05, 0) is 19.8 Å². The highest BCUT2D eigenvalue weighted by molar-refractivity contribution is 6.06. The molecule has 0 radical (unpaired) electrons. The number of imide groups is 1. The summed E-state index contributed by atoms with van der Waals surface area (Å²) < 4.78 is 5.25. The van der Waals surface area contributed by atoms with E-state index in [1.807, 2.05) is 12.2 Å². The molecule has 2 unspecified atom stereocenters. The Hall–Kier alpha value is -1.69. The van der Waals surface area contributed by atoms with Crippen molar-refractivity contribution in [2.75, 3.05) is 13.2 Å². The molecular weight excluding hydrogens is 262 g/mol. The third kappa shape index (κ3) is 1.64. The maximum Gasteiger partial charge on any atom is 0.313 e. The number of rotatable bonds is 2. The minimum Gasteiger partial charge on any atom is -0.481 e. The first kappa shape index (κ1) is 13.3. The van der Waals surface area contributed by atoms with E-state index in [0.29, 0.717) is 12.8 Å². The van der Waals surface area contributed by atoms with Gasteiger partial charge in [-0.2, -0.15) is 0 Å². The van der Waals surface area contributed by atoms with Crippen LogP contribution in [-0.2, 0) is 19.1 Å². The number of aliphatic carboxylic acids is 1. The molecule has 108 valence electrons. The number of hydrogen-bond acceptors (Lipinski definition) is 4. The SMILES string of the molecule is CC1(C(=O)O)COCC1N1C(=O)[C@H]2CC=CC[C@H]2C1=O. The average Bonchev–Trinajstić information content (AvgIpc) is 2.92. The summed E-state index contributed by atoms with van der Waals surface area (Å²) in [6.07, 6.45) is 4.95. The lowest BCUT2D eigenvalue weighted by molar-refractivity contribution is -0.154. The summed E-state index contributed by atoms with van der Waals surface area (Å²) in [7, 11) is 0. The lowest BCUT2D eigenvalue weighted by Crippen LogP contribution is -2.52. The van der Waals surface area contributed by atoms with Gasteiger partial charge in [-0.25, -0.2) is 0 Å². The van der Waals surface area contributed by atoms with Gasteiger partial charge in [0.1, 0.15) is 5.41 Å². The molecule has 6 nitrogen and oxygen atoms in total. The van der Waals surface area contributed by atoms with E-state index in [1.54, 1.807) is 0 Å². The van der Waals surface area contributed by atoms with Gasteiger partial charge in [0.15, 0.2) is 0 Å². The van der Waals surface area contributed by atoms with Gasteiger partial charge < -0.3 is 9.84 Å². The quantitative estimate of drug-likeness (QED) is 0.585. The lowest BCUT2D eigenvalue weighted by atomic mass is 9.84. The van der Waals surface area contributed by atoms with Crippen LogP contribution in [-0.4, -0.2) is 47.0 Å². The highest BCUT2D eigenvalue weighted by atomic mass is 16.5. The van der Waals surface area contributed by atoms with Crippen LogP contribution in [0, 0.1) is 17.3 Å². The lowest BCUT2D eigenvalue weighted by Gasteiger charge is -2.31. The van der Waals surface area contributed by atoms with Crippen LogP contribution in [0.5, 0.6) is 0 Å². The summed E-state index contributed by atoms with van der Waals surface area (Å²) in [4.78, 5) is 37.6. The van der Waals surface area contributed by atoms with Crippen molar-refractivity contribution < 1.29 is 24.2 Å². The van der Waals surface area contributed by atoms with Gasteiger partial charge in [-0.1, -0.05) is 12.2 Å². The summed E-state index contributed by atoms with van der Waals surface area (Å²) in [5.74, 6) is -2.18. The number of amides is 2. The largest absolute Gasteiger partial charge is 0.481 e. The van der Waals surface area contributed by atoms with Crippen molar-refractivity contribution in [1.29, 1.82) is 0 Å². The van der Waals surface area contributed by atoms with Gasteiger partial charge in [-0.3, -0.25) is 19.3 Å². The Balaban J connectivity index is 1.93. The minimum absolute atomic E-state index is 0.0254. The van der Waals surface area contributed by atoms with Gasteiger partial charge in [0.05, 0.1) is 31.1 Å². The van der Waals surface area contributed by atoms with E-state index in [9.17, 15) is 19.5 Å². The van der Waals surface area contributed by atoms with Crippen molar-refractivity contribution in [3.8, 4) is 0 Å². The summed E-state index contributed by atoms with van der Waals surface area (Å²) in [6, 6.07) is -0.703. The van der Waals surface area contributed by atoms with E-state index in [4.69, 9.17) is 4.74 Å². The van der Waals surface area contributed by atoms with Crippen molar-refractivity contribution in [3.63, 3.8) is 0 Å². The molecule has 2 heterocycles. The number of carboxylic acid groups (broad SMARTS) is 1. The zero-order chi connectivity index (χ0) is 14.5. The van der Waals surface area contributed by atoms with E-state index in [0.717, 1.165) is 0 Å². The van der Waals surface area contributed by atoms with Gasteiger partial charge >= 0.3 is 5.97 Å². The van der Waals surface area contributed by atoms with Crippen molar-refractivity contribution in [1.82, 2.24) is 4.90 Å². The van der Waals surface area contributed by atoms with E-state index >= 15 is 0 Å². The van der Waals surface area contributed by atoms with Crippen LogP contribution in [0.4, 0.5) is 0 Å². The monoisotopic (exact) mass is 279 g/mol. The zero-order valence-electron chi connectivity index (χ0n) is 11.2. The van der Waals surface area contributed by atoms with Crippen molar-refractivity contribution in [2.45, 2.75) is 25.8 Å². The number of likely N-dealkylation sites (tertiary alicyclic amines) is 1. The third-order valence-electron chi connectivity index (χ3n) is 4.75. The molecule has 2 amide bonds. The second-order valence-electron chi connectivity index (χ2n) is 5.96. The highest BCUT2D eigenvalue weighted by Gasteiger charge is 2.58. The molecule has 0 spiro atoms. The highest BCUT2D eigenvalue weighted by Crippen LogP contribution is 2.41. The Labute approximate surface area is 116 Å². The fourth-order valence-corrected chi connectivity index (χ4v) is 3.36. The molecule has 0 aromatic carbocycles. The topological polar surface area (TPSA) is 83.9 Å². The summed E-state index contributed by atoms with van der Waals surface area (Å²) in [5.41, 5.74) is -1.22. The number of ether oxygens (including phenoxy) is 1. The van der Waals surface area contributed by atoms with E-state index < -0.39 is 17.4 Å². The molecule has 6 heteroatoms. The van der Waals surface area contributed by atoms with Crippen LogP contribution in [0.2, 0.25) is 0 Å². The number of hydrogen-bond donors (Lipinski definition) is 1. The average molecular weight is 279 g/mol. The third-order valence-corrected chi connectivity index (χ3v) is 4.75. The molecule has 0 aromatic heterocycles. The molecular formula is C14H17NO5. The Morgan fingerprint density at radius 3 is 2.35 bits per heavy atom. The van der Waals surface area contributed by atoms with E-state index in [-0.39, 0.29) is 36.9 Å². The predicted octanol–water partition coefficient (Wildman–Crippen LogP) is 0.427. The molecule has 2 aliphatic heterocycles. The first-order valence-electron chi connectivity index (χ1n) is 6.80. The molecule has 2 fully saturated rings. The van der Waals surface area contributed by atoms with Crippen LogP contribution in [0.15, 0.2) is 12.2 Å². The molecule has 1 aliphatic carbocycles. The molecule has 1 N–H and O–H groups in total. The predicted molar refractivity (Wildman–Crippen MR) is 67.6 cm³/mol. The van der Waals surface area contributed by atoms with Gasteiger partial charge in [-0.15, -0.1) is 0 Å². The second kappa shape index (κ2) is 4.41. The molecule has 2 saturated heterocycles. The first-order chi connectivity index (χ1) is 9.47. The van der Waals surface area contributed by atoms with Gasteiger partial charge in [0, 0.05) is 0 Å². The molecule has 0 aromatic rings. The van der Waals surface area contributed by atoms with Gasteiger partial charge in [0.2, 0.25) is 11.8 Å². The van der Waals surface area contributed by atoms with Crippen molar-refractivity contribution >= 4 is 17.8 Å². The maximum atomic E-state index is 12.5.